The highest BCUT2D eigenvalue weighted by molar-refractivity contribution is 9.10. The van der Waals surface area contributed by atoms with Crippen LogP contribution < -0.4 is 9.91 Å². The Kier molecular flexibility index (Phi) is 4.13. The molecule has 2 aromatic carbocycles. The molecule has 3 aliphatic heterocycles. The number of fused-ring (bicyclic) bond motifs is 4. The molecule has 2 atom stereocenters. The van der Waals surface area contributed by atoms with Crippen molar-refractivity contribution in [3.05, 3.63) is 58.1 Å². The van der Waals surface area contributed by atoms with Crippen LogP contribution in [-0.2, 0) is 11.2 Å². The van der Waals surface area contributed by atoms with Gasteiger partial charge in [-0.15, -0.1) is 0 Å². The molecule has 1 saturated heterocycles. The van der Waals surface area contributed by atoms with Crippen LogP contribution >= 0.6 is 15.9 Å². The Labute approximate surface area is 174 Å². The van der Waals surface area contributed by atoms with Gasteiger partial charge in [0.15, 0.2) is 0 Å². The van der Waals surface area contributed by atoms with E-state index in [1.807, 2.05) is 31.2 Å². The molecule has 3 aliphatic rings. The third kappa shape index (κ3) is 2.48. The number of hydrogen-bond donors (Lipinski definition) is 0. The monoisotopic (exact) mass is 437 g/mol. The van der Waals surface area contributed by atoms with E-state index >= 15 is 0 Å². The van der Waals surface area contributed by atoms with Crippen LogP contribution in [0.4, 0.5) is 11.4 Å². The number of hydrazone groups is 1. The molecule has 0 bridgehead atoms. The third-order valence-electron chi connectivity index (χ3n) is 6.64. The summed E-state index contributed by atoms with van der Waals surface area (Å²) in [5.74, 6) is 0.122. The number of anilines is 2. The van der Waals surface area contributed by atoms with Crippen LogP contribution in [0, 0.1) is 12.3 Å². The Morgan fingerprint density at radius 3 is 2.68 bits per heavy atom. The molecule has 1 spiro atoms. The Hall–Kier alpha value is -2.14. The number of rotatable bonds is 1. The van der Waals surface area contributed by atoms with Gasteiger partial charge < -0.3 is 4.90 Å². The van der Waals surface area contributed by atoms with E-state index in [9.17, 15) is 4.79 Å². The second-order valence-corrected chi connectivity index (χ2v) is 9.18. The fourth-order valence-corrected chi connectivity index (χ4v) is 5.61. The first-order valence-electron chi connectivity index (χ1n) is 10.0. The average molecular weight is 438 g/mol. The van der Waals surface area contributed by atoms with Crippen molar-refractivity contribution in [2.45, 2.75) is 45.6 Å². The van der Waals surface area contributed by atoms with E-state index in [1.54, 1.807) is 5.01 Å². The minimum Gasteiger partial charge on any atom is -0.367 e. The van der Waals surface area contributed by atoms with Gasteiger partial charge in [0.05, 0.1) is 11.4 Å². The largest absolute Gasteiger partial charge is 0.367 e. The maximum Gasteiger partial charge on any atom is 0.261 e. The van der Waals surface area contributed by atoms with Gasteiger partial charge in [-0.3, -0.25) is 4.79 Å². The molecular weight excluding hydrogens is 414 g/mol. The summed E-state index contributed by atoms with van der Waals surface area (Å²) in [5.41, 5.74) is 4.93. The number of amides is 1. The van der Waals surface area contributed by atoms with Gasteiger partial charge in [-0.25, -0.2) is 0 Å². The first kappa shape index (κ1) is 17.9. The lowest BCUT2D eigenvalue weighted by Crippen LogP contribution is -2.61. The topological polar surface area (TPSA) is 35.9 Å². The average Bonchev–Trinajstić information content (AvgIpc) is 2.94. The Balaban J connectivity index is 1.63. The second kappa shape index (κ2) is 6.45. The number of halogens is 1. The number of aryl methyl sites for hydroxylation is 1. The summed E-state index contributed by atoms with van der Waals surface area (Å²) >= 11 is 3.62. The molecule has 0 radical (unpaired) electrons. The molecule has 4 nitrogen and oxygen atoms in total. The van der Waals surface area contributed by atoms with Crippen LogP contribution in [0.2, 0.25) is 0 Å². The zero-order valence-electron chi connectivity index (χ0n) is 16.3. The van der Waals surface area contributed by atoms with Gasteiger partial charge in [-0.05, 0) is 75.4 Å². The standard InChI is InChI=1S/C23H24BrN3O/c1-15-6-9-19(10-7-15)27-22(28)23(16(2)25-27)14-17-13-18(24)8-11-20(17)26-12-4-3-5-21(23)26/h6-11,13,21H,3-5,12,14H2,1-2H3/t21-,23-/m0/s1. The Morgan fingerprint density at radius 1 is 1.11 bits per heavy atom. The van der Waals surface area contributed by atoms with Crippen molar-refractivity contribution in [3.8, 4) is 0 Å². The Bertz CT molecular complexity index is 984. The van der Waals surface area contributed by atoms with Gasteiger partial charge in [0.1, 0.15) is 5.41 Å². The molecule has 0 unspecified atom stereocenters. The lowest BCUT2D eigenvalue weighted by atomic mass is 9.66. The minimum atomic E-state index is -0.570. The first-order chi connectivity index (χ1) is 13.5. The Morgan fingerprint density at radius 2 is 1.89 bits per heavy atom. The summed E-state index contributed by atoms with van der Waals surface area (Å²) in [6.07, 6.45) is 4.10. The molecule has 0 saturated carbocycles. The molecule has 2 aromatic rings. The number of benzene rings is 2. The van der Waals surface area contributed by atoms with E-state index < -0.39 is 5.41 Å². The number of hydrogen-bond acceptors (Lipinski definition) is 3. The van der Waals surface area contributed by atoms with Crippen molar-refractivity contribution in [2.75, 3.05) is 16.5 Å². The molecule has 144 valence electrons. The highest BCUT2D eigenvalue weighted by Crippen LogP contribution is 2.50. The molecule has 0 aliphatic carbocycles. The summed E-state index contributed by atoms with van der Waals surface area (Å²) in [6, 6.07) is 14.7. The predicted octanol–water partition coefficient (Wildman–Crippen LogP) is 5.08. The van der Waals surface area contributed by atoms with Crippen LogP contribution in [0.15, 0.2) is 52.0 Å². The third-order valence-corrected chi connectivity index (χ3v) is 7.13. The highest BCUT2D eigenvalue weighted by Gasteiger charge is 2.59. The van der Waals surface area contributed by atoms with E-state index in [2.05, 4.69) is 46.0 Å². The van der Waals surface area contributed by atoms with Crippen molar-refractivity contribution in [3.63, 3.8) is 0 Å². The summed E-state index contributed by atoms with van der Waals surface area (Å²) in [7, 11) is 0. The highest BCUT2D eigenvalue weighted by atomic mass is 79.9. The van der Waals surface area contributed by atoms with Crippen LogP contribution in [0.1, 0.15) is 37.3 Å². The van der Waals surface area contributed by atoms with Crippen molar-refractivity contribution >= 4 is 38.9 Å². The lowest BCUT2D eigenvalue weighted by molar-refractivity contribution is -0.125. The summed E-state index contributed by atoms with van der Waals surface area (Å²) in [6.45, 7) is 5.11. The van der Waals surface area contributed by atoms with E-state index in [4.69, 9.17) is 5.10 Å². The molecule has 0 N–H and O–H groups in total. The molecule has 3 heterocycles. The fourth-order valence-electron chi connectivity index (χ4n) is 5.20. The van der Waals surface area contributed by atoms with E-state index in [0.29, 0.717) is 0 Å². The van der Waals surface area contributed by atoms with Crippen LogP contribution in [0.25, 0.3) is 0 Å². The van der Waals surface area contributed by atoms with E-state index in [1.165, 1.54) is 29.7 Å². The molecule has 5 heteroatoms. The molecule has 28 heavy (non-hydrogen) atoms. The first-order valence-corrected chi connectivity index (χ1v) is 10.8. The zero-order chi connectivity index (χ0) is 19.5. The van der Waals surface area contributed by atoms with Gasteiger partial charge >= 0.3 is 0 Å². The normalized spacial score (nSPS) is 26.3. The van der Waals surface area contributed by atoms with Gasteiger partial charge in [-0.1, -0.05) is 33.6 Å². The van der Waals surface area contributed by atoms with E-state index in [0.717, 1.165) is 35.3 Å². The van der Waals surface area contributed by atoms with Gasteiger partial charge in [0, 0.05) is 22.7 Å². The van der Waals surface area contributed by atoms with Crippen molar-refractivity contribution in [2.24, 2.45) is 10.5 Å². The van der Waals surface area contributed by atoms with Gasteiger partial charge in [0.2, 0.25) is 0 Å². The smallest absolute Gasteiger partial charge is 0.261 e. The van der Waals surface area contributed by atoms with E-state index in [-0.39, 0.29) is 11.9 Å². The second-order valence-electron chi connectivity index (χ2n) is 8.26. The molecule has 0 aromatic heterocycles. The molecule has 1 amide bonds. The fraction of sp³-hybridized carbons (Fsp3) is 0.391. The molecule has 5 rings (SSSR count). The van der Waals surface area contributed by atoms with Crippen molar-refractivity contribution in [1.29, 1.82) is 0 Å². The number of nitrogens with zero attached hydrogens (tertiary/aromatic N) is 3. The lowest BCUT2D eigenvalue weighted by Gasteiger charge is -2.51. The maximum absolute atomic E-state index is 13.9. The van der Waals surface area contributed by atoms with Crippen LogP contribution in [0.3, 0.4) is 0 Å². The predicted molar refractivity (Wildman–Crippen MR) is 117 cm³/mol. The van der Waals surface area contributed by atoms with Crippen molar-refractivity contribution < 1.29 is 4.79 Å². The SMILES string of the molecule is CC1=NN(c2ccc(C)cc2)C(=O)[C@@]12Cc1cc(Br)ccc1N1CCCC[C@H]12. The molecular formula is C23H24BrN3O. The van der Waals surface area contributed by atoms with Crippen LogP contribution in [0.5, 0.6) is 0 Å². The number of piperidine rings is 1. The summed E-state index contributed by atoms with van der Waals surface area (Å²) in [4.78, 5) is 16.4. The van der Waals surface area contributed by atoms with Gasteiger partial charge in [0.25, 0.3) is 5.91 Å². The molecule has 1 fully saturated rings. The zero-order valence-corrected chi connectivity index (χ0v) is 17.9. The summed E-state index contributed by atoms with van der Waals surface area (Å²) in [5, 5.41) is 6.44. The van der Waals surface area contributed by atoms with Crippen molar-refractivity contribution in [1.82, 2.24) is 0 Å². The number of carbonyl (C=O) groups is 1. The van der Waals surface area contributed by atoms with Gasteiger partial charge in [-0.2, -0.15) is 10.1 Å². The van der Waals surface area contributed by atoms with Crippen LogP contribution in [-0.4, -0.2) is 24.2 Å². The minimum absolute atomic E-state index is 0.122. The maximum atomic E-state index is 13.9. The summed E-state index contributed by atoms with van der Waals surface area (Å²) < 4.78 is 1.06. The number of carbonyl (C=O) groups excluding carboxylic acids is 1. The quantitative estimate of drug-likeness (QED) is 0.623.